The van der Waals surface area contributed by atoms with Crippen LogP contribution >= 0.6 is 0 Å². The highest BCUT2D eigenvalue weighted by Crippen LogP contribution is 2.35. The number of nitrogens with zero attached hydrogens (tertiary/aromatic N) is 1. The number of esters is 1. The van der Waals surface area contributed by atoms with E-state index in [0.717, 1.165) is 11.3 Å². The number of hydrogen-bond acceptors (Lipinski definition) is 4. The Labute approximate surface area is 147 Å². The molecule has 0 radical (unpaired) electrons. The highest BCUT2D eigenvalue weighted by atomic mass is 16.5. The number of para-hydroxylation sites is 1. The number of ether oxygens (including phenoxy) is 2. The predicted octanol–water partition coefficient (Wildman–Crippen LogP) is 3.48. The molecule has 1 aliphatic heterocycles. The average Bonchev–Trinajstić information content (AvgIpc) is 3.11. The normalized spacial score (nSPS) is 16.0. The number of methoxy groups -OCH3 is 1. The molecule has 1 aromatic heterocycles. The summed E-state index contributed by atoms with van der Waals surface area (Å²) in [4.78, 5) is 25.4. The van der Waals surface area contributed by atoms with E-state index in [1.807, 2.05) is 43.5 Å². The fraction of sp³-hybridized carbons (Fsp3) is 0.400. The molecule has 1 unspecified atom stereocenters. The maximum absolute atomic E-state index is 13.1. The summed E-state index contributed by atoms with van der Waals surface area (Å²) in [5.41, 5.74) is 2.89. The first-order chi connectivity index (χ1) is 11.9. The van der Waals surface area contributed by atoms with Crippen LogP contribution in [-0.2, 0) is 16.1 Å². The molecule has 5 heteroatoms. The summed E-state index contributed by atoms with van der Waals surface area (Å²) in [6.07, 6.45) is 0.514. The summed E-state index contributed by atoms with van der Waals surface area (Å²) in [6, 6.07) is 9.13. The second-order valence-corrected chi connectivity index (χ2v) is 6.61. The van der Waals surface area contributed by atoms with Gasteiger partial charge in [-0.05, 0) is 51.0 Å². The minimum atomic E-state index is -0.305. The van der Waals surface area contributed by atoms with Crippen LogP contribution in [0.15, 0.2) is 30.3 Å². The van der Waals surface area contributed by atoms with E-state index in [1.165, 1.54) is 0 Å². The zero-order chi connectivity index (χ0) is 18.1. The van der Waals surface area contributed by atoms with Crippen molar-refractivity contribution in [1.82, 2.24) is 4.57 Å². The van der Waals surface area contributed by atoms with Crippen LogP contribution in [-0.4, -0.2) is 29.5 Å². The number of fused-ring (bicyclic) bond motifs is 1. The lowest BCUT2D eigenvalue weighted by molar-refractivity contribution is -0.149. The smallest absolute Gasteiger partial charge is 0.315 e. The van der Waals surface area contributed by atoms with Crippen LogP contribution in [0.25, 0.3) is 0 Å². The Morgan fingerprint density at radius 2 is 1.96 bits per heavy atom. The van der Waals surface area contributed by atoms with Crippen molar-refractivity contribution in [2.75, 3.05) is 7.11 Å². The van der Waals surface area contributed by atoms with Crippen molar-refractivity contribution in [2.45, 2.75) is 45.8 Å². The summed E-state index contributed by atoms with van der Waals surface area (Å²) >= 11 is 0. The van der Waals surface area contributed by atoms with Gasteiger partial charge in [0, 0.05) is 12.2 Å². The molecule has 0 amide bonds. The van der Waals surface area contributed by atoms with Gasteiger partial charge in [-0.2, -0.15) is 0 Å². The van der Waals surface area contributed by atoms with E-state index >= 15 is 0 Å². The first kappa shape index (κ1) is 17.3. The minimum Gasteiger partial charge on any atom is -0.496 e. The minimum absolute atomic E-state index is 0.0842. The summed E-state index contributed by atoms with van der Waals surface area (Å²) < 4.78 is 12.6. The summed E-state index contributed by atoms with van der Waals surface area (Å²) in [5.74, 6) is -0.0573. The largest absolute Gasteiger partial charge is 0.496 e. The van der Waals surface area contributed by atoms with Crippen LogP contribution < -0.4 is 4.74 Å². The van der Waals surface area contributed by atoms with E-state index in [2.05, 4.69) is 0 Å². The molecule has 2 aromatic rings. The lowest BCUT2D eigenvalue weighted by Crippen LogP contribution is -2.18. The topological polar surface area (TPSA) is 57.5 Å². The molecule has 2 heterocycles. The van der Waals surface area contributed by atoms with Crippen molar-refractivity contribution in [1.29, 1.82) is 0 Å². The number of carbonyl (C=O) groups is 2. The van der Waals surface area contributed by atoms with Gasteiger partial charge in [-0.3, -0.25) is 9.59 Å². The molecule has 0 bridgehead atoms. The maximum Gasteiger partial charge on any atom is 0.315 e. The van der Waals surface area contributed by atoms with Gasteiger partial charge >= 0.3 is 5.97 Å². The molecule has 1 atom stereocenters. The molecule has 0 aliphatic carbocycles. The van der Waals surface area contributed by atoms with E-state index in [-0.39, 0.29) is 23.8 Å². The number of aromatic nitrogens is 1. The second-order valence-electron chi connectivity index (χ2n) is 6.61. The summed E-state index contributed by atoms with van der Waals surface area (Å²) in [5, 5.41) is 0. The number of rotatable bonds is 5. The van der Waals surface area contributed by atoms with Gasteiger partial charge in [0.25, 0.3) is 0 Å². The third kappa shape index (κ3) is 3.06. The molecule has 5 nitrogen and oxygen atoms in total. The number of benzene rings is 1. The monoisotopic (exact) mass is 341 g/mol. The van der Waals surface area contributed by atoms with E-state index in [0.29, 0.717) is 30.0 Å². The van der Waals surface area contributed by atoms with Crippen molar-refractivity contribution in [3.8, 4) is 5.75 Å². The molecule has 0 saturated carbocycles. The maximum atomic E-state index is 13.1. The van der Waals surface area contributed by atoms with Crippen LogP contribution in [0.4, 0.5) is 0 Å². The molecule has 132 valence electrons. The van der Waals surface area contributed by atoms with Crippen molar-refractivity contribution >= 4 is 11.8 Å². The van der Waals surface area contributed by atoms with Crippen LogP contribution in [0, 0.1) is 6.92 Å². The highest BCUT2D eigenvalue weighted by Gasteiger charge is 2.35. The summed E-state index contributed by atoms with van der Waals surface area (Å²) in [7, 11) is 1.56. The zero-order valence-electron chi connectivity index (χ0n) is 15.0. The number of aryl methyl sites for hydroxylation is 1. The Bertz CT molecular complexity index is 819. The van der Waals surface area contributed by atoms with E-state index in [1.54, 1.807) is 19.2 Å². The lowest BCUT2D eigenvalue weighted by atomic mass is 10.0. The Morgan fingerprint density at radius 1 is 1.24 bits per heavy atom. The third-order valence-electron chi connectivity index (χ3n) is 4.52. The van der Waals surface area contributed by atoms with E-state index < -0.39 is 0 Å². The Hall–Kier alpha value is -2.56. The van der Waals surface area contributed by atoms with Gasteiger partial charge in [0.1, 0.15) is 5.75 Å². The van der Waals surface area contributed by atoms with Crippen molar-refractivity contribution < 1.29 is 19.1 Å². The SMILES string of the molecule is COc1ccccc1C(=O)c1c(C)cc2n1CCC2C(=O)OC(C)C. The van der Waals surface area contributed by atoms with Crippen molar-refractivity contribution in [3.63, 3.8) is 0 Å². The lowest BCUT2D eigenvalue weighted by Gasteiger charge is -2.12. The molecule has 3 rings (SSSR count). The Kier molecular flexibility index (Phi) is 4.66. The van der Waals surface area contributed by atoms with E-state index in [4.69, 9.17) is 9.47 Å². The van der Waals surface area contributed by atoms with Crippen LogP contribution in [0.2, 0.25) is 0 Å². The van der Waals surface area contributed by atoms with Gasteiger partial charge in [0.15, 0.2) is 0 Å². The Balaban J connectivity index is 1.98. The number of hydrogen-bond donors (Lipinski definition) is 0. The highest BCUT2D eigenvalue weighted by molar-refractivity contribution is 6.11. The Morgan fingerprint density at radius 3 is 2.64 bits per heavy atom. The fourth-order valence-corrected chi connectivity index (χ4v) is 3.46. The molecule has 0 fully saturated rings. The molecule has 0 N–H and O–H groups in total. The van der Waals surface area contributed by atoms with Gasteiger partial charge in [0.05, 0.1) is 30.4 Å². The molecular formula is C20H23NO4. The number of carbonyl (C=O) groups excluding carboxylic acids is 2. The molecule has 1 aliphatic rings. The van der Waals surface area contributed by atoms with Crippen LogP contribution in [0.3, 0.4) is 0 Å². The summed E-state index contributed by atoms with van der Waals surface area (Å²) in [6.45, 7) is 6.22. The van der Waals surface area contributed by atoms with Gasteiger partial charge in [-0.1, -0.05) is 12.1 Å². The van der Waals surface area contributed by atoms with Crippen LogP contribution in [0.1, 0.15) is 53.5 Å². The molecule has 25 heavy (non-hydrogen) atoms. The molecular weight excluding hydrogens is 318 g/mol. The van der Waals surface area contributed by atoms with Crippen molar-refractivity contribution in [3.05, 3.63) is 52.8 Å². The zero-order valence-corrected chi connectivity index (χ0v) is 15.0. The number of ketones is 1. The predicted molar refractivity (Wildman–Crippen MR) is 94.2 cm³/mol. The van der Waals surface area contributed by atoms with Crippen molar-refractivity contribution in [2.24, 2.45) is 0 Å². The average molecular weight is 341 g/mol. The van der Waals surface area contributed by atoms with E-state index in [9.17, 15) is 9.59 Å². The molecule has 1 aromatic carbocycles. The fourth-order valence-electron chi connectivity index (χ4n) is 3.46. The second kappa shape index (κ2) is 6.75. The standard InChI is InChI=1S/C20H23NO4/c1-12(2)25-20(23)14-9-10-21-16(14)11-13(3)18(21)19(22)15-7-5-6-8-17(15)24-4/h5-8,11-12,14H,9-10H2,1-4H3. The van der Waals surface area contributed by atoms with Gasteiger partial charge in [0.2, 0.25) is 5.78 Å². The molecule has 0 saturated heterocycles. The first-order valence-electron chi connectivity index (χ1n) is 8.52. The quantitative estimate of drug-likeness (QED) is 0.617. The van der Waals surface area contributed by atoms with Gasteiger partial charge < -0.3 is 14.0 Å². The van der Waals surface area contributed by atoms with Crippen LogP contribution in [0.5, 0.6) is 5.75 Å². The van der Waals surface area contributed by atoms with Gasteiger partial charge in [-0.15, -0.1) is 0 Å². The third-order valence-corrected chi connectivity index (χ3v) is 4.52. The molecule has 0 spiro atoms. The first-order valence-corrected chi connectivity index (χ1v) is 8.52. The van der Waals surface area contributed by atoms with Gasteiger partial charge in [-0.25, -0.2) is 0 Å².